The molecular weight excluding hydrogens is 434 g/mol. The number of nitrogens with one attached hydrogen (secondary N) is 1. The molecule has 1 aliphatic rings. The summed E-state index contributed by atoms with van der Waals surface area (Å²) in [6, 6.07) is 11.4. The highest BCUT2D eigenvalue weighted by atomic mass is 16.6. The zero-order valence-corrected chi connectivity index (χ0v) is 22.3. The summed E-state index contributed by atoms with van der Waals surface area (Å²) in [7, 11) is 0. The average molecular weight is 476 g/mol. The maximum Gasteiger partial charge on any atom is 0.306 e. The van der Waals surface area contributed by atoms with Gasteiger partial charge in [0.15, 0.2) is 0 Å². The van der Waals surface area contributed by atoms with Crippen LogP contribution in [0.1, 0.15) is 81.8 Å². The first-order chi connectivity index (χ1) is 16.6. The number of carbonyl (C=O) groups is 1. The molecule has 0 radical (unpaired) electrons. The third kappa shape index (κ3) is 6.32. The smallest absolute Gasteiger partial charge is 0.306 e. The summed E-state index contributed by atoms with van der Waals surface area (Å²) in [4.78, 5) is 22.7. The van der Waals surface area contributed by atoms with Crippen LogP contribution in [-0.4, -0.2) is 46.1 Å². The number of H-pyrrole nitrogens is 1. The van der Waals surface area contributed by atoms with Gasteiger partial charge in [-0.3, -0.25) is 9.78 Å². The van der Waals surface area contributed by atoms with E-state index in [1.807, 2.05) is 20.8 Å². The third-order valence-corrected chi connectivity index (χ3v) is 6.99. The molecule has 5 nitrogen and oxygen atoms in total. The number of rotatable bonds is 7. The molecule has 0 aliphatic carbocycles. The standard InChI is InChI=1S/C30H41N3O2/c1-7-25-26-19-23(10-11-27(26)32-29(25)24-17-20(2)31-21(3)18-24)22-12-15-33(16-13-22)14-8-9-28(34)35-30(4,5)6/h10-11,17-19,22,32H,7-9,12-16H2,1-6H3. The predicted molar refractivity (Wildman–Crippen MR) is 144 cm³/mol. The Labute approximate surface area is 210 Å². The van der Waals surface area contributed by atoms with E-state index in [2.05, 4.69) is 66.0 Å². The number of hydrogen-bond donors (Lipinski definition) is 1. The van der Waals surface area contributed by atoms with E-state index in [1.165, 1.54) is 46.1 Å². The molecule has 0 atom stereocenters. The summed E-state index contributed by atoms with van der Waals surface area (Å²) in [5.74, 6) is 0.505. The lowest BCUT2D eigenvalue weighted by molar-refractivity contribution is -0.155. The van der Waals surface area contributed by atoms with E-state index in [9.17, 15) is 4.79 Å². The van der Waals surface area contributed by atoms with Crippen LogP contribution >= 0.6 is 0 Å². The van der Waals surface area contributed by atoms with Gasteiger partial charge < -0.3 is 14.6 Å². The van der Waals surface area contributed by atoms with Crippen molar-refractivity contribution in [1.82, 2.24) is 14.9 Å². The Morgan fingerprint density at radius 2 is 1.80 bits per heavy atom. The van der Waals surface area contributed by atoms with Gasteiger partial charge in [-0.1, -0.05) is 13.0 Å². The van der Waals surface area contributed by atoms with Crippen molar-refractivity contribution in [2.75, 3.05) is 19.6 Å². The minimum Gasteiger partial charge on any atom is -0.460 e. The SMILES string of the molecule is CCc1c(-c2cc(C)nc(C)c2)[nH]c2ccc(C3CCN(CCCC(=O)OC(C)(C)C)CC3)cc12. The number of nitrogens with zero attached hydrogens (tertiary/aromatic N) is 2. The fourth-order valence-corrected chi connectivity index (χ4v) is 5.44. The maximum atomic E-state index is 12.0. The molecule has 1 aromatic carbocycles. The number of hydrogen-bond acceptors (Lipinski definition) is 4. The van der Waals surface area contributed by atoms with Crippen LogP contribution in [0.25, 0.3) is 22.2 Å². The average Bonchev–Trinajstić information content (AvgIpc) is 3.15. The lowest BCUT2D eigenvalue weighted by Crippen LogP contribution is -2.34. The summed E-state index contributed by atoms with van der Waals surface area (Å²) in [6.45, 7) is 15.3. The molecule has 0 spiro atoms. The first-order valence-electron chi connectivity index (χ1n) is 13.2. The van der Waals surface area contributed by atoms with Crippen LogP contribution in [-0.2, 0) is 16.0 Å². The van der Waals surface area contributed by atoms with Crippen LogP contribution in [0.5, 0.6) is 0 Å². The summed E-state index contributed by atoms with van der Waals surface area (Å²) < 4.78 is 5.43. The molecule has 1 N–H and O–H groups in total. The Morgan fingerprint density at radius 1 is 1.11 bits per heavy atom. The number of aryl methyl sites for hydroxylation is 3. The molecule has 3 heterocycles. The molecule has 35 heavy (non-hydrogen) atoms. The minimum atomic E-state index is -0.398. The molecular formula is C30H41N3O2. The summed E-state index contributed by atoms with van der Waals surface area (Å²) >= 11 is 0. The molecule has 0 unspecified atom stereocenters. The molecule has 0 saturated carbocycles. The fraction of sp³-hybridized carbons (Fsp3) is 0.533. The molecule has 0 amide bonds. The maximum absolute atomic E-state index is 12.0. The van der Waals surface area contributed by atoms with Crippen LogP contribution < -0.4 is 0 Å². The van der Waals surface area contributed by atoms with E-state index in [0.717, 1.165) is 43.9 Å². The van der Waals surface area contributed by atoms with Crippen LogP contribution in [0.4, 0.5) is 0 Å². The highest BCUT2D eigenvalue weighted by Crippen LogP contribution is 2.35. The first kappa shape index (κ1) is 25.4. The summed E-state index contributed by atoms with van der Waals surface area (Å²) in [5.41, 5.74) is 8.23. The van der Waals surface area contributed by atoms with Gasteiger partial charge >= 0.3 is 5.97 Å². The van der Waals surface area contributed by atoms with Crippen molar-refractivity contribution in [2.24, 2.45) is 0 Å². The Hall–Kier alpha value is -2.66. The lowest BCUT2D eigenvalue weighted by atomic mass is 9.88. The molecule has 2 aromatic heterocycles. The monoisotopic (exact) mass is 475 g/mol. The quantitative estimate of drug-likeness (QED) is 0.386. The van der Waals surface area contributed by atoms with Crippen molar-refractivity contribution < 1.29 is 9.53 Å². The van der Waals surface area contributed by atoms with Crippen molar-refractivity contribution >= 4 is 16.9 Å². The van der Waals surface area contributed by atoms with E-state index < -0.39 is 5.60 Å². The Bertz CT molecular complexity index is 1160. The van der Waals surface area contributed by atoms with Crippen molar-refractivity contribution in [2.45, 2.75) is 85.2 Å². The number of esters is 1. The van der Waals surface area contributed by atoms with Gasteiger partial charge in [0.25, 0.3) is 0 Å². The first-order valence-corrected chi connectivity index (χ1v) is 13.2. The molecule has 1 aliphatic heterocycles. The van der Waals surface area contributed by atoms with Gasteiger partial charge in [0, 0.05) is 40.0 Å². The highest BCUT2D eigenvalue weighted by Gasteiger charge is 2.22. The number of fused-ring (bicyclic) bond motifs is 1. The highest BCUT2D eigenvalue weighted by molar-refractivity contribution is 5.91. The van der Waals surface area contributed by atoms with Gasteiger partial charge in [0.05, 0.1) is 0 Å². The molecule has 4 rings (SSSR count). The zero-order chi connectivity index (χ0) is 25.2. The lowest BCUT2D eigenvalue weighted by Gasteiger charge is -2.32. The normalized spacial score (nSPS) is 15.6. The second kappa shape index (κ2) is 10.5. The van der Waals surface area contributed by atoms with Gasteiger partial charge in [-0.25, -0.2) is 0 Å². The summed E-state index contributed by atoms with van der Waals surface area (Å²) in [6.07, 6.45) is 4.69. The van der Waals surface area contributed by atoms with Crippen LogP contribution in [0, 0.1) is 13.8 Å². The largest absolute Gasteiger partial charge is 0.460 e. The fourth-order valence-electron chi connectivity index (χ4n) is 5.44. The van der Waals surface area contributed by atoms with Crippen LogP contribution in [0.3, 0.4) is 0 Å². The van der Waals surface area contributed by atoms with Crippen molar-refractivity contribution in [3.63, 3.8) is 0 Å². The van der Waals surface area contributed by atoms with Crippen molar-refractivity contribution in [3.05, 3.63) is 52.8 Å². The number of pyridine rings is 1. The van der Waals surface area contributed by atoms with E-state index >= 15 is 0 Å². The van der Waals surface area contributed by atoms with Crippen molar-refractivity contribution in [3.8, 4) is 11.3 Å². The second-order valence-electron chi connectivity index (χ2n) is 11.1. The number of benzene rings is 1. The zero-order valence-electron chi connectivity index (χ0n) is 22.3. The predicted octanol–water partition coefficient (Wildman–Crippen LogP) is 6.71. The van der Waals surface area contributed by atoms with E-state index in [-0.39, 0.29) is 5.97 Å². The molecule has 3 aromatic rings. The van der Waals surface area contributed by atoms with Gasteiger partial charge in [0.2, 0.25) is 0 Å². The third-order valence-electron chi connectivity index (χ3n) is 6.99. The Morgan fingerprint density at radius 3 is 2.43 bits per heavy atom. The number of aromatic nitrogens is 2. The second-order valence-corrected chi connectivity index (χ2v) is 11.1. The van der Waals surface area contributed by atoms with E-state index in [0.29, 0.717) is 12.3 Å². The molecule has 188 valence electrons. The van der Waals surface area contributed by atoms with E-state index in [4.69, 9.17) is 4.74 Å². The number of likely N-dealkylation sites (tertiary alicyclic amines) is 1. The van der Waals surface area contributed by atoms with E-state index in [1.54, 1.807) is 0 Å². The molecule has 0 bridgehead atoms. The number of piperidine rings is 1. The number of aromatic amines is 1. The minimum absolute atomic E-state index is 0.0876. The van der Waals surface area contributed by atoms with Gasteiger partial charge in [-0.2, -0.15) is 0 Å². The van der Waals surface area contributed by atoms with Gasteiger partial charge in [-0.15, -0.1) is 0 Å². The van der Waals surface area contributed by atoms with Crippen LogP contribution in [0.2, 0.25) is 0 Å². The molecule has 5 heteroatoms. The Kier molecular flexibility index (Phi) is 7.65. The van der Waals surface area contributed by atoms with Crippen molar-refractivity contribution in [1.29, 1.82) is 0 Å². The molecule has 1 fully saturated rings. The van der Waals surface area contributed by atoms with Gasteiger partial charge in [0.1, 0.15) is 5.60 Å². The number of carbonyl (C=O) groups excluding carboxylic acids is 1. The van der Waals surface area contributed by atoms with Crippen LogP contribution in [0.15, 0.2) is 30.3 Å². The topological polar surface area (TPSA) is 58.2 Å². The summed E-state index contributed by atoms with van der Waals surface area (Å²) in [5, 5.41) is 1.35. The molecule has 1 saturated heterocycles. The Balaban J connectivity index is 1.41. The van der Waals surface area contributed by atoms with Gasteiger partial charge in [-0.05, 0) is 121 Å². The number of ether oxygens (including phenoxy) is 1.